The van der Waals surface area contributed by atoms with Crippen LogP contribution in [0.1, 0.15) is 29.9 Å². The van der Waals surface area contributed by atoms with E-state index in [1.807, 2.05) is 18.2 Å². The van der Waals surface area contributed by atoms with Crippen LogP contribution in [0.3, 0.4) is 0 Å². The fourth-order valence-electron chi connectivity index (χ4n) is 2.60. The maximum absolute atomic E-state index is 12.2. The minimum atomic E-state index is -0.351. The zero-order valence-corrected chi connectivity index (χ0v) is 11.7. The molecule has 0 fully saturated rings. The van der Waals surface area contributed by atoms with E-state index in [4.69, 9.17) is 5.73 Å². The van der Waals surface area contributed by atoms with Crippen molar-refractivity contribution >= 4 is 11.8 Å². The fourth-order valence-corrected chi connectivity index (χ4v) is 2.60. The van der Waals surface area contributed by atoms with E-state index in [0.29, 0.717) is 6.54 Å². The van der Waals surface area contributed by atoms with Gasteiger partial charge in [-0.15, -0.1) is 0 Å². The molecule has 1 aromatic rings. The van der Waals surface area contributed by atoms with Crippen LogP contribution in [0.5, 0.6) is 0 Å². The normalized spacial score (nSPS) is 18.2. The number of carbonyl (C=O) groups is 2. The predicted molar refractivity (Wildman–Crippen MR) is 77.2 cm³/mol. The quantitative estimate of drug-likeness (QED) is 0.722. The topological polar surface area (TPSA) is 84.2 Å². The Morgan fingerprint density at radius 2 is 2.15 bits per heavy atom. The number of aryl methyl sites for hydroxylation is 1. The summed E-state index contributed by atoms with van der Waals surface area (Å²) in [6.45, 7) is 0.324. The summed E-state index contributed by atoms with van der Waals surface area (Å²) in [5.74, 6) is -0.196. The van der Waals surface area contributed by atoms with Crippen molar-refractivity contribution in [1.29, 1.82) is 0 Å². The molecule has 1 aliphatic carbocycles. The van der Waals surface area contributed by atoms with Gasteiger partial charge in [0.25, 0.3) is 0 Å². The Morgan fingerprint density at radius 1 is 1.40 bits per heavy atom. The Bertz CT molecular complexity index is 502. The number of hydrogen-bond donors (Lipinski definition) is 3. The lowest BCUT2D eigenvalue weighted by atomic mass is 10.0. The highest BCUT2D eigenvalue weighted by Gasteiger charge is 2.28. The molecule has 1 aromatic carbocycles. The van der Waals surface area contributed by atoms with E-state index in [2.05, 4.69) is 16.7 Å². The monoisotopic (exact) mass is 275 g/mol. The number of nitrogens with two attached hydrogens (primary N) is 1. The Hall–Kier alpha value is -1.88. The van der Waals surface area contributed by atoms with Crippen LogP contribution in [0.4, 0.5) is 0 Å². The summed E-state index contributed by atoms with van der Waals surface area (Å²) in [4.78, 5) is 23.4. The van der Waals surface area contributed by atoms with Crippen molar-refractivity contribution in [3.63, 3.8) is 0 Å². The van der Waals surface area contributed by atoms with E-state index in [9.17, 15) is 9.59 Å². The van der Waals surface area contributed by atoms with Gasteiger partial charge in [0, 0.05) is 26.1 Å². The van der Waals surface area contributed by atoms with Gasteiger partial charge in [-0.2, -0.15) is 0 Å². The summed E-state index contributed by atoms with van der Waals surface area (Å²) in [5.41, 5.74) is 8.18. The lowest BCUT2D eigenvalue weighted by molar-refractivity contribution is -0.123. The van der Waals surface area contributed by atoms with Crippen LogP contribution in [0, 0.1) is 0 Å². The summed E-state index contributed by atoms with van der Waals surface area (Å²) in [5, 5.41) is 5.37. The molecule has 0 heterocycles. The number of amides is 2. The molecular formula is C15H21N3O2. The molecule has 1 aliphatic rings. The summed E-state index contributed by atoms with van der Waals surface area (Å²) >= 11 is 0. The van der Waals surface area contributed by atoms with Gasteiger partial charge in [-0.1, -0.05) is 24.3 Å². The molecule has 0 aromatic heterocycles. The van der Waals surface area contributed by atoms with Crippen molar-refractivity contribution in [3.05, 3.63) is 35.4 Å². The third-order valence-corrected chi connectivity index (χ3v) is 3.71. The Morgan fingerprint density at radius 3 is 2.90 bits per heavy atom. The Balaban J connectivity index is 1.86. The van der Waals surface area contributed by atoms with Crippen molar-refractivity contribution in [2.45, 2.75) is 31.2 Å². The average Bonchev–Trinajstić information content (AvgIpc) is 2.88. The maximum Gasteiger partial charge on any atom is 0.227 e. The van der Waals surface area contributed by atoms with Crippen molar-refractivity contribution in [1.82, 2.24) is 10.6 Å². The minimum absolute atomic E-state index is 0.00214. The van der Waals surface area contributed by atoms with Gasteiger partial charge in [-0.3, -0.25) is 9.59 Å². The predicted octanol–water partition coefficient (Wildman–Crippen LogP) is 0.296. The largest absolute Gasteiger partial charge is 0.359 e. The highest BCUT2D eigenvalue weighted by atomic mass is 16.2. The number of nitrogens with one attached hydrogen (secondary N) is 2. The molecule has 2 atom stereocenters. The van der Waals surface area contributed by atoms with E-state index in [1.54, 1.807) is 7.05 Å². The maximum atomic E-state index is 12.2. The molecule has 0 saturated heterocycles. The van der Waals surface area contributed by atoms with Crippen molar-refractivity contribution in [2.75, 3.05) is 13.6 Å². The van der Waals surface area contributed by atoms with Crippen LogP contribution in [0.15, 0.2) is 24.3 Å². The Labute approximate surface area is 118 Å². The van der Waals surface area contributed by atoms with E-state index >= 15 is 0 Å². The van der Waals surface area contributed by atoms with Crippen LogP contribution >= 0.6 is 0 Å². The van der Waals surface area contributed by atoms with Gasteiger partial charge in [0.1, 0.15) is 0 Å². The average molecular weight is 275 g/mol. The van der Waals surface area contributed by atoms with Crippen LogP contribution in [0.25, 0.3) is 0 Å². The summed E-state index contributed by atoms with van der Waals surface area (Å²) in [6, 6.07) is 7.69. The molecule has 2 rings (SSSR count). The standard InChI is InChI=1S/C15H21N3O2/c1-17-14(19)8-11(16)9-18-15(20)13-7-6-10-4-2-3-5-12(10)13/h2-5,11,13H,6-9,16H2,1H3,(H,17,19)(H,18,20). The van der Waals surface area contributed by atoms with Crippen LogP contribution in [0.2, 0.25) is 0 Å². The molecule has 2 amide bonds. The van der Waals surface area contributed by atoms with Gasteiger partial charge in [0.05, 0.1) is 5.92 Å². The third-order valence-electron chi connectivity index (χ3n) is 3.71. The van der Waals surface area contributed by atoms with E-state index in [1.165, 1.54) is 5.56 Å². The molecule has 0 spiro atoms. The summed E-state index contributed by atoms with van der Waals surface area (Å²) < 4.78 is 0. The first kappa shape index (κ1) is 14.5. The van der Waals surface area contributed by atoms with E-state index in [0.717, 1.165) is 18.4 Å². The van der Waals surface area contributed by atoms with Gasteiger partial charge in [0.2, 0.25) is 11.8 Å². The molecule has 20 heavy (non-hydrogen) atoms. The number of carbonyl (C=O) groups excluding carboxylic acids is 2. The zero-order valence-electron chi connectivity index (χ0n) is 11.7. The number of fused-ring (bicyclic) bond motifs is 1. The highest BCUT2D eigenvalue weighted by Crippen LogP contribution is 2.32. The molecule has 0 saturated carbocycles. The highest BCUT2D eigenvalue weighted by molar-refractivity contribution is 5.85. The van der Waals surface area contributed by atoms with E-state index in [-0.39, 0.29) is 30.2 Å². The summed E-state index contributed by atoms with van der Waals surface area (Å²) in [6.07, 6.45) is 2.01. The molecule has 4 N–H and O–H groups in total. The molecule has 0 bridgehead atoms. The molecule has 108 valence electrons. The van der Waals surface area contributed by atoms with Crippen LogP contribution < -0.4 is 16.4 Å². The number of rotatable bonds is 5. The smallest absolute Gasteiger partial charge is 0.227 e. The minimum Gasteiger partial charge on any atom is -0.359 e. The molecule has 5 nitrogen and oxygen atoms in total. The van der Waals surface area contributed by atoms with E-state index < -0.39 is 0 Å². The molecule has 0 aliphatic heterocycles. The zero-order chi connectivity index (χ0) is 14.5. The third kappa shape index (κ3) is 3.36. The molecule has 5 heteroatoms. The van der Waals surface area contributed by atoms with Gasteiger partial charge in [-0.05, 0) is 24.0 Å². The van der Waals surface area contributed by atoms with Crippen LogP contribution in [-0.2, 0) is 16.0 Å². The lowest BCUT2D eigenvalue weighted by Crippen LogP contribution is -2.41. The molecular weight excluding hydrogens is 254 g/mol. The number of hydrogen-bond acceptors (Lipinski definition) is 3. The van der Waals surface area contributed by atoms with Gasteiger partial charge in [0.15, 0.2) is 0 Å². The van der Waals surface area contributed by atoms with Gasteiger partial charge >= 0.3 is 0 Å². The SMILES string of the molecule is CNC(=O)CC(N)CNC(=O)C1CCc2ccccc21. The Kier molecular flexibility index (Phi) is 4.74. The lowest BCUT2D eigenvalue weighted by Gasteiger charge is -2.15. The van der Waals surface area contributed by atoms with Gasteiger partial charge < -0.3 is 16.4 Å². The first-order chi connectivity index (χ1) is 9.61. The fraction of sp³-hybridized carbons (Fsp3) is 0.467. The van der Waals surface area contributed by atoms with Crippen LogP contribution in [-0.4, -0.2) is 31.4 Å². The number of benzene rings is 1. The second kappa shape index (κ2) is 6.52. The summed E-state index contributed by atoms with van der Waals surface area (Å²) in [7, 11) is 1.57. The molecule has 2 unspecified atom stereocenters. The van der Waals surface area contributed by atoms with Gasteiger partial charge in [-0.25, -0.2) is 0 Å². The second-order valence-corrected chi connectivity index (χ2v) is 5.17. The van der Waals surface area contributed by atoms with Crippen molar-refractivity contribution < 1.29 is 9.59 Å². The first-order valence-corrected chi connectivity index (χ1v) is 6.93. The second-order valence-electron chi connectivity index (χ2n) is 5.17. The first-order valence-electron chi connectivity index (χ1n) is 6.93. The van der Waals surface area contributed by atoms with Crippen molar-refractivity contribution in [2.24, 2.45) is 5.73 Å². The molecule has 0 radical (unpaired) electrons. The van der Waals surface area contributed by atoms with Crippen molar-refractivity contribution in [3.8, 4) is 0 Å².